The fraction of sp³-hybridized carbons (Fsp3) is 0.273. The molecule has 6 heteroatoms. The van der Waals surface area contributed by atoms with Crippen molar-refractivity contribution in [2.75, 3.05) is 0 Å². The lowest BCUT2D eigenvalue weighted by atomic mass is 10.2. The van der Waals surface area contributed by atoms with Gasteiger partial charge in [-0.15, -0.1) is 0 Å². The van der Waals surface area contributed by atoms with Crippen molar-refractivity contribution >= 4 is 11.6 Å². The minimum atomic E-state index is -1.08. The summed E-state index contributed by atoms with van der Waals surface area (Å²) in [5.74, 6) is -0.746. The summed E-state index contributed by atoms with van der Waals surface area (Å²) in [5, 5.41) is 22.0. The Bertz CT molecular complexity index is 664. The summed E-state index contributed by atoms with van der Waals surface area (Å²) >= 11 is 0. The van der Waals surface area contributed by atoms with Crippen LogP contribution in [0.3, 0.4) is 0 Å². The number of aromatic carboxylic acids is 1. The van der Waals surface area contributed by atoms with Crippen LogP contribution >= 0.6 is 0 Å². The van der Waals surface area contributed by atoms with Crippen molar-refractivity contribution in [3.8, 4) is 6.07 Å². The van der Waals surface area contributed by atoms with Gasteiger partial charge in [0.05, 0.1) is 6.20 Å². The summed E-state index contributed by atoms with van der Waals surface area (Å²) in [6, 6.07) is 3.51. The number of rotatable bonds is 2. The summed E-state index contributed by atoms with van der Waals surface area (Å²) < 4.78 is 1.57. The molecule has 0 amide bonds. The molecule has 1 saturated carbocycles. The highest BCUT2D eigenvalue weighted by Gasteiger charge is 2.28. The van der Waals surface area contributed by atoms with Crippen LogP contribution in [-0.4, -0.2) is 25.7 Å². The van der Waals surface area contributed by atoms with E-state index in [0.717, 1.165) is 18.5 Å². The molecule has 0 unspecified atom stereocenters. The fourth-order valence-corrected chi connectivity index (χ4v) is 1.84. The highest BCUT2D eigenvalue weighted by Crippen LogP contribution is 2.40. The normalized spacial score (nSPS) is 14.8. The van der Waals surface area contributed by atoms with Crippen LogP contribution in [-0.2, 0) is 0 Å². The molecule has 1 aliphatic carbocycles. The topological polar surface area (TPSA) is 91.3 Å². The molecule has 0 radical (unpaired) electrons. The van der Waals surface area contributed by atoms with Crippen LogP contribution in [0.2, 0.25) is 0 Å². The Morgan fingerprint density at radius 3 is 2.94 bits per heavy atom. The Kier molecular flexibility index (Phi) is 1.89. The molecular formula is C11H8N4O2. The van der Waals surface area contributed by atoms with E-state index in [9.17, 15) is 4.79 Å². The van der Waals surface area contributed by atoms with E-state index in [0.29, 0.717) is 17.1 Å². The van der Waals surface area contributed by atoms with E-state index >= 15 is 0 Å². The zero-order chi connectivity index (χ0) is 12.0. The third-order valence-electron chi connectivity index (χ3n) is 2.83. The van der Waals surface area contributed by atoms with Gasteiger partial charge in [0, 0.05) is 11.6 Å². The van der Waals surface area contributed by atoms with Crippen LogP contribution in [0.15, 0.2) is 12.3 Å². The highest BCUT2D eigenvalue weighted by molar-refractivity contribution is 5.86. The maximum atomic E-state index is 11.0. The summed E-state index contributed by atoms with van der Waals surface area (Å²) in [6.45, 7) is 0. The quantitative estimate of drug-likeness (QED) is 0.833. The van der Waals surface area contributed by atoms with Gasteiger partial charge in [0.2, 0.25) is 0 Å². The van der Waals surface area contributed by atoms with Crippen LogP contribution in [0, 0.1) is 11.3 Å². The number of carbonyl (C=O) groups is 1. The van der Waals surface area contributed by atoms with Crippen molar-refractivity contribution in [1.29, 1.82) is 5.26 Å². The van der Waals surface area contributed by atoms with Crippen molar-refractivity contribution in [2.45, 2.75) is 18.8 Å². The lowest BCUT2D eigenvalue weighted by molar-refractivity contribution is 0.0690. The minimum Gasteiger partial charge on any atom is -0.477 e. The van der Waals surface area contributed by atoms with Crippen LogP contribution in [0.25, 0.3) is 5.65 Å². The predicted molar refractivity (Wildman–Crippen MR) is 56.6 cm³/mol. The first-order valence-electron chi connectivity index (χ1n) is 5.23. The first kappa shape index (κ1) is 9.78. The van der Waals surface area contributed by atoms with Crippen molar-refractivity contribution < 1.29 is 9.90 Å². The molecule has 0 spiro atoms. The third kappa shape index (κ3) is 1.44. The van der Waals surface area contributed by atoms with Gasteiger partial charge in [-0.1, -0.05) is 0 Å². The largest absolute Gasteiger partial charge is 0.477 e. The fourth-order valence-electron chi connectivity index (χ4n) is 1.84. The molecule has 84 valence electrons. The smallest absolute Gasteiger partial charge is 0.354 e. The van der Waals surface area contributed by atoms with Crippen molar-refractivity contribution in [2.24, 2.45) is 0 Å². The molecule has 1 aliphatic rings. The van der Waals surface area contributed by atoms with E-state index in [-0.39, 0.29) is 5.69 Å². The average molecular weight is 228 g/mol. The highest BCUT2D eigenvalue weighted by atomic mass is 16.4. The maximum Gasteiger partial charge on any atom is 0.354 e. The predicted octanol–water partition coefficient (Wildman–Crippen LogP) is 1.18. The SMILES string of the molecule is N#Cc1cnn2c(C3CC3)cc(C(=O)O)nc12. The molecule has 0 aliphatic heterocycles. The van der Waals surface area contributed by atoms with E-state index in [1.165, 1.54) is 6.20 Å². The molecule has 2 aromatic rings. The van der Waals surface area contributed by atoms with E-state index in [4.69, 9.17) is 10.4 Å². The molecule has 2 heterocycles. The Morgan fingerprint density at radius 2 is 2.35 bits per heavy atom. The standard InChI is InChI=1S/C11H8N4O2/c12-4-7-5-13-15-9(6-1-2-6)3-8(11(16)17)14-10(7)15/h3,5-6H,1-2H2,(H,16,17). The lowest BCUT2D eigenvalue weighted by Crippen LogP contribution is -2.07. The third-order valence-corrected chi connectivity index (χ3v) is 2.83. The molecule has 1 fully saturated rings. The number of nitriles is 1. The van der Waals surface area contributed by atoms with E-state index in [2.05, 4.69) is 10.1 Å². The number of hydrogen-bond acceptors (Lipinski definition) is 4. The van der Waals surface area contributed by atoms with Crippen molar-refractivity contribution in [3.05, 3.63) is 29.2 Å². The Balaban J connectivity index is 2.34. The molecule has 2 aromatic heterocycles. The zero-order valence-corrected chi connectivity index (χ0v) is 8.79. The van der Waals surface area contributed by atoms with Gasteiger partial charge in [-0.05, 0) is 18.9 Å². The van der Waals surface area contributed by atoms with Gasteiger partial charge >= 0.3 is 5.97 Å². The molecular weight excluding hydrogens is 220 g/mol. The van der Waals surface area contributed by atoms with E-state index in [1.807, 2.05) is 6.07 Å². The number of carboxylic acids is 1. The number of nitrogens with zero attached hydrogens (tertiary/aromatic N) is 4. The lowest BCUT2D eigenvalue weighted by Gasteiger charge is -2.04. The number of hydrogen-bond donors (Lipinski definition) is 1. The second-order valence-corrected chi connectivity index (χ2v) is 4.05. The average Bonchev–Trinajstić information content (AvgIpc) is 3.07. The van der Waals surface area contributed by atoms with Gasteiger partial charge in [-0.3, -0.25) is 0 Å². The number of aromatic nitrogens is 3. The molecule has 6 nitrogen and oxygen atoms in total. The minimum absolute atomic E-state index is 0.0311. The molecule has 0 atom stereocenters. The summed E-state index contributed by atoms with van der Waals surface area (Å²) in [6.07, 6.45) is 3.47. The van der Waals surface area contributed by atoms with E-state index in [1.54, 1.807) is 10.6 Å². The van der Waals surface area contributed by atoms with Gasteiger partial charge in [-0.25, -0.2) is 14.3 Å². The molecule has 17 heavy (non-hydrogen) atoms. The Hall–Kier alpha value is -2.42. The van der Waals surface area contributed by atoms with Crippen LogP contribution in [0.4, 0.5) is 0 Å². The Morgan fingerprint density at radius 1 is 1.59 bits per heavy atom. The molecule has 0 bridgehead atoms. The van der Waals surface area contributed by atoms with Crippen LogP contribution < -0.4 is 0 Å². The van der Waals surface area contributed by atoms with Gasteiger partial charge in [0.15, 0.2) is 11.3 Å². The van der Waals surface area contributed by atoms with Gasteiger partial charge in [-0.2, -0.15) is 10.4 Å². The first-order valence-corrected chi connectivity index (χ1v) is 5.23. The first-order chi connectivity index (χ1) is 8.20. The van der Waals surface area contributed by atoms with Gasteiger partial charge in [0.1, 0.15) is 11.6 Å². The molecule has 1 N–H and O–H groups in total. The second-order valence-electron chi connectivity index (χ2n) is 4.05. The van der Waals surface area contributed by atoms with Crippen LogP contribution in [0.5, 0.6) is 0 Å². The maximum absolute atomic E-state index is 11.0. The van der Waals surface area contributed by atoms with Gasteiger partial charge in [0.25, 0.3) is 0 Å². The van der Waals surface area contributed by atoms with Crippen molar-refractivity contribution in [3.63, 3.8) is 0 Å². The molecule has 0 aromatic carbocycles. The van der Waals surface area contributed by atoms with E-state index < -0.39 is 5.97 Å². The number of fused-ring (bicyclic) bond motifs is 1. The second kappa shape index (κ2) is 3.28. The zero-order valence-electron chi connectivity index (χ0n) is 8.79. The summed E-state index contributed by atoms with van der Waals surface area (Å²) in [7, 11) is 0. The Labute approximate surface area is 96.1 Å². The van der Waals surface area contributed by atoms with Crippen molar-refractivity contribution in [1.82, 2.24) is 14.6 Å². The monoisotopic (exact) mass is 228 g/mol. The summed E-state index contributed by atoms with van der Waals surface area (Å²) in [4.78, 5) is 14.9. The molecule has 0 saturated heterocycles. The van der Waals surface area contributed by atoms with Gasteiger partial charge < -0.3 is 5.11 Å². The molecule has 3 rings (SSSR count). The van der Waals surface area contributed by atoms with Crippen LogP contribution in [0.1, 0.15) is 40.5 Å². The number of carboxylic acid groups (broad SMARTS) is 1. The summed E-state index contributed by atoms with van der Waals surface area (Å²) in [5.41, 5.74) is 1.43.